The van der Waals surface area contributed by atoms with E-state index in [1.54, 1.807) is 6.33 Å². The maximum atomic E-state index is 12.2. The SMILES string of the molecule is Cc1ccc(-c2nc(C)c(NC(=O)OCc3ccc4c(c3)ncn4C)s2)cc1. The van der Waals surface area contributed by atoms with Crippen molar-refractivity contribution < 1.29 is 9.53 Å². The lowest BCUT2D eigenvalue weighted by Gasteiger charge is -2.06. The first-order chi connectivity index (χ1) is 13.5. The van der Waals surface area contributed by atoms with Gasteiger partial charge in [-0.1, -0.05) is 47.2 Å². The third kappa shape index (κ3) is 3.75. The Hall–Kier alpha value is -3.19. The number of rotatable bonds is 4. The average Bonchev–Trinajstić information content (AvgIpc) is 3.23. The molecule has 4 aromatic rings. The number of nitrogens with one attached hydrogen (secondary N) is 1. The Morgan fingerprint density at radius 3 is 2.75 bits per heavy atom. The number of anilines is 1. The molecule has 7 heteroatoms. The molecule has 0 aliphatic rings. The summed E-state index contributed by atoms with van der Waals surface area (Å²) in [6.45, 7) is 4.10. The van der Waals surface area contributed by atoms with E-state index in [-0.39, 0.29) is 6.61 Å². The van der Waals surface area contributed by atoms with Crippen molar-refractivity contribution in [1.82, 2.24) is 14.5 Å². The van der Waals surface area contributed by atoms with Crippen molar-refractivity contribution in [3.63, 3.8) is 0 Å². The second-order valence-corrected chi connectivity index (χ2v) is 7.68. The molecule has 0 spiro atoms. The van der Waals surface area contributed by atoms with Crippen LogP contribution in [0.15, 0.2) is 48.8 Å². The number of carbonyl (C=O) groups is 1. The van der Waals surface area contributed by atoms with Gasteiger partial charge in [-0.25, -0.2) is 14.8 Å². The normalized spacial score (nSPS) is 11.0. The minimum atomic E-state index is -0.497. The van der Waals surface area contributed by atoms with E-state index in [0.29, 0.717) is 5.00 Å². The second-order valence-electron chi connectivity index (χ2n) is 6.68. The summed E-state index contributed by atoms with van der Waals surface area (Å²) in [5.74, 6) is 0. The number of hydrogen-bond acceptors (Lipinski definition) is 5. The Bertz CT molecular complexity index is 1150. The lowest BCUT2D eigenvalue weighted by atomic mass is 10.2. The number of carbonyl (C=O) groups excluding carboxylic acids is 1. The van der Waals surface area contributed by atoms with Gasteiger partial charge in [-0.15, -0.1) is 0 Å². The molecule has 0 aliphatic heterocycles. The Kier molecular flexibility index (Phi) is 4.83. The van der Waals surface area contributed by atoms with Gasteiger partial charge in [-0.3, -0.25) is 5.32 Å². The summed E-state index contributed by atoms with van der Waals surface area (Å²) in [6.07, 6.45) is 1.27. The van der Waals surface area contributed by atoms with E-state index >= 15 is 0 Å². The van der Waals surface area contributed by atoms with Gasteiger partial charge < -0.3 is 9.30 Å². The second kappa shape index (κ2) is 7.44. The molecule has 28 heavy (non-hydrogen) atoms. The number of aromatic nitrogens is 3. The Morgan fingerprint density at radius 1 is 1.18 bits per heavy atom. The van der Waals surface area contributed by atoms with E-state index in [2.05, 4.69) is 15.3 Å². The summed E-state index contributed by atoms with van der Waals surface area (Å²) >= 11 is 1.44. The fourth-order valence-electron chi connectivity index (χ4n) is 2.88. The van der Waals surface area contributed by atoms with Crippen LogP contribution in [0.4, 0.5) is 9.80 Å². The zero-order valence-corrected chi connectivity index (χ0v) is 16.7. The molecule has 142 valence electrons. The summed E-state index contributed by atoms with van der Waals surface area (Å²) in [6, 6.07) is 14.0. The number of thiazole rings is 1. The maximum Gasteiger partial charge on any atom is 0.412 e. The van der Waals surface area contributed by atoms with Gasteiger partial charge in [-0.05, 0) is 31.5 Å². The quantitative estimate of drug-likeness (QED) is 0.527. The number of aryl methyl sites for hydroxylation is 3. The molecule has 0 atom stereocenters. The lowest BCUT2D eigenvalue weighted by molar-refractivity contribution is 0.155. The molecule has 0 radical (unpaired) electrons. The predicted molar refractivity (Wildman–Crippen MR) is 112 cm³/mol. The van der Waals surface area contributed by atoms with Crippen molar-refractivity contribution in [3.8, 4) is 10.6 Å². The first-order valence-electron chi connectivity index (χ1n) is 8.88. The highest BCUT2D eigenvalue weighted by Gasteiger charge is 2.13. The van der Waals surface area contributed by atoms with Crippen LogP contribution in [0.3, 0.4) is 0 Å². The van der Waals surface area contributed by atoms with Gasteiger partial charge in [0, 0.05) is 12.6 Å². The van der Waals surface area contributed by atoms with Gasteiger partial charge in [0.25, 0.3) is 0 Å². The van der Waals surface area contributed by atoms with Crippen LogP contribution >= 0.6 is 11.3 Å². The average molecular weight is 392 g/mol. The molecule has 0 saturated carbocycles. The lowest BCUT2D eigenvalue weighted by Crippen LogP contribution is -2.13. The molecule has 2 aromatic heterocycles. The van der Waals surface area contributed by atoms with Crippen LogP contribution in [-0.2, 0) is 18.4 Å². The molecule has 1 amide bonds. The number of amides is 1. The Morgan fingerprint density at radius 2 is 1.96 bits per heavy atom. The summed E-state index contributed by atoms with van der Waals surface area (Å²) in [7, 11) is 1.95. The number of ether oxygens (including phenoxy) is 1. The monoisotopic (exact) mass is 392 g/mol. The third-order valence-electron chi connectivity index (χ3n) is 4.47. The Labute approximate surface area is 166 Å². The van der Waals surface area contributed by atoms with E-state index in [1.807, 2.05) is 67.9 Å². The molecule has 6 nitrogen and oxygen atoms in total. The van der Waals surface area contributed by atoms with Gasteiger partial charge in [0.15, 0.2) is 0 Å². The van der Waals surface area contributed by atoms with E-state index in [9.17, 15) is 4.79 Å². The zero-order valence-electron chi connectivity index (χ0n) is 15.9. The highest BCUT2D eigenvalue weighted by Crippen LogP contribution is 2.32. The smallest absolute Gasteiger partial charge is 0.412 e. The van der Waals surface area contributed by atoms with Gasteiger partial charge in [0.05, 0.1) is 23.1 Å². The highest BCUT2D eigenvalue weighted by molar-refractivity contribution is 7.19. The maximum absolute atomic E-state index is 12.2. The Balaban J connectivity index is 1.41. The molecule has 4 rings (SSSR count). The molecule has 2 heterocycles. The van der Waals surface area contributed by atoms with Crippen LogP contribution in [0.25, 0.3) is 21.6 Å². The van der Waals surface area contributed by atoms with Crippen LogP contribution < -0.4 is 5.32 Å². The minimum Gasteiger partial charge on any atom is -0.444 e. The van der Waals surface area contributed by atoms with Crippen LogP contribution in [-0.4, -0.2) is 20.6 Å². The summed E-state index contributed by atoms with van der Waals surface area (Å²) in [4.78, 5) is 21.1. The van der Waals surface area contributed by atoms with Crippen LogP contribution in [0.5, 0.6) is 0 Å². The molecule has 2 aromatic carbocycles. The predicted octanol–water partition coefficient (Wildman–Crippen LogP) is 5.06. The van der Waals surface area contributed by atoms with E-state index < -0.39 is 6.09 Å². The van der Waals surface area contributed by atoms with Crippen molar-refractivity contribution in [2.45, 2.75) is 20.5 Å². The number of benzene rings is 2. The minimum absolute atomic E-state index is 0.182. The number of hydrogen-bond donors (Lipinski definition) is 1. The van der Waals surface area contributed by atoms with Crippen molar-refractivity contribution in [2.24, 2.45) is 7.05 Å². The molecular weight excluding hydrogens is 372 g/mol. The fourth-order valence-corrected chi connectivity index (χ4v) is 3.84. The van der Waals surface area contributed by atoms with E-state index in [4.69, 9.17) is 4.74 Å². The standard InChI is InChI=1S/C21H20N4O2S/c1-13-4-7-16(8-5-13)20-23-14(2)19(28-20)24-21(26)27-11-15-6-9-18-17(10-15)22-12-25(18)3/h4-10,12H,11H2,1-3H3,(H,24,26). The highest BCUT2D eigenvalue weighted by atomic mass is 32.1. The zero-order chi connectivity index (χ0) is 19.7. The van der Waals surface area contributed by atoms with Crippen LogP contribution in [0.2, 0.25) is 0 Å². The molecule has 0 fully saturated rings. The van der Waals surface area contributed by atoms with Crippen molar-refractivity contribution in [3.05, 3.63) is 65.6 Å². The molecule has 0 saturated heterocycles. The van der Waals surface area contributed by atoms with E-state index in [1.165, 1.54) is 16.9 Å². The summed E-state index contributed by atoms with van der Waals surface area (Å²) in [5.41, 5.74) is 5.81. The fraction of sp³-hybridized carbons (Fsp3) is 0.190. The van der Waals surface area contributed by atoms with Crippen molar-refractivity contribution >= 4 is 33.5 Å². The molecular formula is C21H20N4O2S. The largest absolute Gasteiger partial charge is 0.444 e. The van der Waals surface area contributed by atoms with Crippen molar-refractivity contribution in [2.75, 3.05) is 5.32 Å². The van der Waals surface area contributed by atoms with Crippen molar-refractivity contribution in [1.29, 1.82) is 0 Å². The topological polar surface area (TPSA) is 69.0 Å². The first kappa shape index (κ1) is 18.2. The number of nitrogens with zero attached hydrogens (tertiary/aromatic N) is 3. The molecule has 0 unspecified atom stereocenters. The van der Waals surface area contributed by atoms with Crippen LogP contribution in [0.1, 0.15) is 16.8 Å². The molecule has 1 N–H and O–H groups in total. The molecule has 0 aliphatic carbocycles. The van der Waals surface area contributed by atoms with Crippen LogP contribution in [0, 0.1) is 13.8 Å². The summed E-state index contributed by atoms with van der Waals surface area (Å²) in [5, 5.41) is 4.36. The summed E-state index contributed by atoms with van der Waals surface area (Å²) < 4.78 is 7.32. The van der Waals surface area contributed by atoms with Gasteiger partial charge in [0.2, 0.25) is 0 Å². The van der Waals surface area contributed by atoms with Gasteiger partial charge in [0.1, 0.15) is 16.6 Å². The number of fused-ring (bicyclic) bond motifs is 1. The van der Waals surface area contributed by atoms with E-state index in [0.717, 1.165) is 32.9 Å². The third-order valence-corrected chi connectivity index (χ3v) is 5.59. The van der Waals surface area contributed by atoms with Gasteiger partial charge in [-0.2, -0.15) is 0 Å². The molecule has 0 bridgehead atoms. The number of imidazole rings is 1. The first-order valence-corrected chi connectivity index (χ1v) is 9.69. The van der Waals surface area contributed by atoms with Gasteiger partial charge >= 0.3 is 6.09 Å².